The molecule has 2 aromatic carbocycles. The van der Waals surface area contributed by atoms with Crippen LogP contribution < -0.4 is 10.2 Å². The van der Waals surface area contributed by atoms with Crippen LogP contribution in [0.25, 0.3) is 0 Å². The highest BCUT2D eigenvalue weighted by Crippen LogP contribution is 2.47. The maximum Gasteiger partial charge on any atom is 0.358 e. The number of ether oxygens (including phenoxy) is 1. The third-order valence-corrected chi connectivity index (χ3v) is 9.74. The average molecular weight is 682 g/mol. The largest absolute Gasteiger partial charge is 0.368 e. The number of fused-ring (bicyclic) bond motifs is 2. The van der Waals surface area contributed by atoms with Gasteiger partial charge in [-0.1, -0.05) is 74.9 Å². The molecule has 3 heterocycles. The number of hydrogen-bond donors (Lipinski definition) is 1. The van der Waals surface area contributed by atoms with Crippen molar-refractivity contribution in [2.45, 2.75) is 77.0 Å². The fourth-order valence-electron chi connectivity index (χ4n) is 7.07. The first kappa shape index (κ1) is 36.5. The summed E-state index contributed by atoms with van der Waals surface area (Å²) in [6.07, 6.45) is 13.9. The molecule has 10 heteroatoms. The van der Waals surface area contributed by atoms with Crippen molar-refractivity contribution in [1.29, 1.82) is 0 Å². The topological polar surface area (TPSA) is 108 Å². The molecule has 2 aromatic rings. The maximum atomic E-state index is 12.4. The highest BCUT2D eigenvalue weighted by Gasteiger charge is 2.42. The van der Waals surface area contributed by atoms with Crippen LogP contribution in [0.4, 0.5) is 11.4 Å². The summed E-state index contributed by atoms with van der Waals surface area (Å²) >= 11 is 0. The van der Waals surface area contributed by atoms with Gasteiger partial charge in [0.25, 0.3) is 11.8 Å². The highest BCUT2D eigenvalue weighted by atomic mass is 16.7. The Morgan fingerprint density at radius 2 is 1.58 bits per heavy atom. The lowest BCUT2D eigenvalue weighted by atomic mass is 9.81. The third kappa shape index (κ3) is 7.97. The highest BCUT2D eigenvalue weighted by molar-refractivity contribution is 6.03. The molecule has 3 amide bonds. The smallest absolute Gasteiger partial charge is 0.358 e. The van der Waals surface area contributed by atoms with Gasteiger partial charge in [0, 0.05) is 66.9 Å². The number of hydroxylamine groups is 2. The van der Waals surface area contributed by atoms with Crippen molar-refractivity contribution in [3.8, 4) is 0 Å². The van der Waals surface area contributed by atoms with Gasteiger partial charge in [0.05, 0.1) is 12.0 Å². The predicted molar refractivity (Wildman–Crippen MR) is 193 cm³/mol. The van der Waals surface area contributed by atoms with Crippen molar-refractivity contribution in [3.05, 3.63) is 95.7 Å². The van der Waals surface area contributed by atoms with Crippen molar-refractivity contribution >= 4 is 40.8 Å². The summed E-state index contributed by atoms with van der Waals surface area (Å²) in [6, 6.07) is 17.2. The second-order valence-corrected chi connectivity index (χ2v) is 13.9. The molecular formula is C40H49N4O6+. The summed E-state index contributed by atoms with van der Waals surface area (Å²) < 4.78 is 7.49. The number of nitrogens with one attached hydrogen (secondary N) is 1. The number of unbranched alkanes of at least 4 members (excludes halogenated alkanes) is 2. The molecule has 0 atom stereocenters. The molecule has 3 aliphatic rings. The molecule has 0 unspecified atom stereocenters. The van der Waals surface area contributed by atoms with Crippen molar-refractivity contribution in [1.82, 2.24) is 10.4 Å². The van der Waals surface area contributed by atoms with E-state index in [0.29, 0.717) is 11.5 Å². The lowest BCUT2D eigenvalue weighted by molar-refractivity contribution is -0.401. The van der Waals surface area contributed by atoms with Gasteiger partial charge in [-0.2, -0.15) is 4.58 Å². The normalized spacial score (nSPS) is 18.5. The predicted octanol–water partition coefficient (Wildman–Crippen LogP) is 5.79. The zero-order valence-electron chi connectivity index (χ0n) is 29.9. The minimum atomic E-state index is -0.836. The number of benzene rings is 2. The molecule has 1 saturated heterocycles. The zero-order chi connectivity index (χ0) is 35.9. The Balaban J connectivity index is 1.07. The van der Waals surface area contributed by atoms with Gasteiger partial charge < -0.3 is 19.8 Å². The van der Waals surface area contributed by atoms with E-state index in [-0.39, 0.29) is 42.7 Å². The van der Waals surface area contributed by atoms with Gasteiger partial charge in [0.15, 0.2) is 5.71 Å². The third-order valence-electron chi connectivity index (χ3n) is 9.74. The molecule has 0 spiro atoms. The summed E-state index contributed by atoms with van der Waals surface area (Å²) in [5.74, 6) is -2.00. The minimum Gasteiger partial charge on any atom is -0.368 e. The van der Waals surface area contributed by atoms with Gasteiger partial charge in [-0.05, 0) is 44.4 Å². The van der Waals surface area contributed by atoms with E-state index in [0.717, 1.165) is 25.8 Å². The number of rotatable bonds is 15. The van der Waals surface area contributed by atoms with E-state index in [2.05, 4.69) is 128 Å². The molecule has 10 nitrogen and oxygen atoms in total. The lowest BCUT2D eigenvalue weighted by Gasteiger charge is -2.27. The van der Waals surface area contributed by atoms with Crippen molar-refractivity contribution < 1.29 is 33.3 Å². The van der Waals surface area contributed by atoms with E-state index in [9.17, 15) is 19.2 Å². The summed E-state index contributed by atoms with van der Waals surface area (Å²) in [5.41, 5.74) is 7.46. The number of amides is 3. The van der Waals surface area contributed by atoms with E-state index in [1.54, 1.807) is 0 Å². The molecular weight excluding hydrogens is 632 g/mol. The fraction of sp³-hybridized carbons (Fsp3) is 0.425. The van der Waals surface area contributed by atoms with Gasteiger partial charge in [-0.3, -0.25) is 14.4 Å². The van der Waals surface area contributed by atoms with Crippen LogP contribution in [0.5, 0.6) is 0 Å². The number of nitrogens with zero attached hydrogens (tertiary/aromatic N) is 3. The summed E-state index contributed by atoms with van der Waals surface area (Å²) in [6.45, 7) is 9.88. The van der Waals surface area contributed by atoms with Gasteiger partial charge >= 0.3 is 5.97 Å². The van der Waals surface area contributed by atoms with E-state index in [1.807, 2.05) is 0 Å². The van der Waals surface area contributed by atoms with Crippen LogP contribution in [-0.2, 0) is 39.6 Å². The van der Waals surface area contributed by atoms with Crippen molar-refractivity contribution in [2.24, 2.45) is 0 Å². The van der Waals surface area contributed by atoms with Crippen molar-refractivity contribution in [2.75, 3.05) is 38.3 Å². The Labute approximate surface area is 295 Å². The van der Waals surface area contributed by atoms with Gasteiger partial charge in [-0.15, -0.1) is 5.06 Å². The van der Waals surface area contributed by atoms with E-state index in [1.165, 1.54) is 33.9 Å². The SMILES string of the molecule is C[N+]1=C(/C=C/C=C/C=C2/N(CCCCCC(=O)NCCOCC(=O)ON3C(=O)CCC3=O)c3ccccc3C2(C)C)C(C)(C)c2ccccc21. The van der Waals surface area contributed by atoms with Crippen LogP contribution in [0.15, 0.2) is 84.6 Å². The van der Waals surface area contributed by atoms with E-state index < -0.39 is 24.4 Å². The first-order chi connectivity index (χ1) is 23.9. The molecule has 1 fully saturated rings. The number of anilines is 1. The number of carbonyl (C=O) groups is 4. The van der Waals surface area contributed by atoms with Crippen LogP contribution in [0.3, 0.4) is 0 Å². The Bertz CT molecular complexity index is 1740. The Hall–Kier alpha value is -4.83. The first-order valence-corrected chi connectivity index (χ1v) is 17.5. The average Bonchev–Trinajstić information content (AvgIpc) is 3.59. The van der Waals surface area contributed by atoms with Crippen LogP contribution in [-0.4, -0.2) is 72.4 Å². The monoisotopic (exact) mass is 681 g/mol. The van der Waals surface area contributed by atoms with Gasteiger partial charge in [0.2, 0.25) is 11.6 Å². The molecule has 5 rings (SSSR count). The summed E-state index contributed by atoms with van der Waals surface area (Å²) in [7, 11) is 2.13. The molecule has 50 heavy (non-hydrogen) atoms. The second kappa shape index (κ2) is 15.8. The summed E-state index contributed by atoms with van der Waals surface area (Å²) in [4.78, 5) is 54.4. The van der Waals surface area contributed by atoms with Crippen molar-refractivity contribution in [3.63, 3.8) is 0 Å². The van der Waals surface area contributed by atoms with Gasteiger partial charge in [0.1, 0.15) is 13.7 Å². The van der Waals surface area contributed by atoms with E-state index in [4.69, 9.17) is 9.57 Å². The number of allylic oxidation sites excluding steroid dienone is 6. The maximum absolute atomic E-state index is 12.4. The number of carbonyl (C=O) groups excluding carboxylic acids is 4. The number of para-hydroxylation sites is 2. The second-order valence-electron chi connectivity index (χ2n) is 13.9. The quantitative estimate of drug-likeness (QED) is 0.110. The molecule has 0 bridgehead atoms. The molecule has 1 N–H and O–H groups in total. The van der Waals surface area contributed by atoms with Crippen LogP contribution in [0.1, 0.15) is 77.3 Å². The Kier molecular flexibility index (Phi) is 11.5. The fourth-order valence-corrected chi connectivity index (χ4v) is 7.07. The standard InChI is InChI=1S/C40H48N4O6/c1-39(2)29-16-11-13-18-31(29)42(5)33(39)20-8-6-9-21-34-40(3,4)30-17-12-14-19-32(30)43(34)26-15-7-10-22-35(45)41-25-27-49-28-38(48)50-44-36(46)23-24-37(44)47/h6,8-9,11-14,16-21H,7,10,15,22-28H2,1-5H3/p+1. The molecule has 264 valence electrons. The van der Waals surface area contributed by atoms with Gasteiger partial charge in [-0.25, -0.2) is 4.79 Å². The van der Waals surface area contributed by atoms with Crippen LogP contribution in [0, 0.1) is 0 Å². The first-order valence-electron chi connectivity index (χ1n) is 17.5. The number of imide groups is 1. The zero-order valence-corrected chi connectivity index (χ0v) is 29.9. The molecule has 0 aliphatic carbocycles. The minimum absolute atomic E-state index is 0.0327. The Morgan fingerprint density at radius 1 is 0.880 bits per heavy atom. The van der Waals surface area contributed by atoms with Crippen LogP contribution >= 0.6 is 0 Å². The molecule has 0 radical (unpaired) electrons. The van der Waals surface area contributed by atoms with E-state index >= 15 is 0 Å². The Morgan fingerprint density at radius 3 is 2.32 bits per heavy atom. The van der Waals surface area contributed by atoms with Crippen LogP contribution in [0.2, 0.25) is 0 Å². The molecule has 0 aromatic heterocycles. The molecule has 0 saturated carbocycles. The number of hydrogen-bond acceptors (Lipinski definition) is 7. The summed E-state index contributed by atoms with van der Waals surface area (Å²) in [5, 5.41) is 3.28. The lowest BCUT2D eigenvalue weighted by Crippen LogP contribution is -2.34. The molecule has 3 aliphatic heterocycles.